The Morgan fingerprint density at radius 3 is 2.91 bits per heavy atom. The molecule has 1 aliphatic heterocycles. The number of hydrogen-bond donors (Lipinski definition) is 0. The molecule has 5 nitrogen and oxygen atoms in total. The summed E-state index contributed by atoms with van der Waals surface area (Å²) in [5.74, 6) is -0.0362. The van der Waals surface area contributed by atoms with E-state index in [1.165, 1.54) is 11.8 Å². The molecule has 22 heavy (non-hydrogen) atoms. The molecule has 5 heteroatoms. The van der Waals surface area contributed by atoms with Gasteiger partial charge in [-0.2, -0.15) is 0 Å². The van der Waals surface area contributed by atoms with Crippen molar-refractivity contribution in [2.45, 2.75) is 18.9 Å². The fraction of sp³-hybridized carbons (Fsp3) is 0.353. The Morgan fingerprint density at radius 1 is 1.32 bits per heavy atom. The van der Waals surface area contributed by atoms with E-state index in [-0.39, 0.29) is 11.9 Å². The minimum Gasteiger partial charge on any atom is -0.378 e. The number of carbonyl (C=O) groups excluding carboxylic acids is 1. The molecule has 1 unspecified atom stereocenters. The average molecular weight is 296 g/mol. The van der Waals surface area contributed by atoms with Crippen LogP contribution < -0.4 is 4.90 Å². The van der Waals surface area contributed by atoms with Crippen LogP contribution in [0.3, 0.4) is 0 Å². The van der Waals surface area contributed by atoms with Gasteiger partial charge in [0.25, 0.3) is 5.91 Å². The molecule has 1 atom stereocenters. The second-order valence-electron chi connectivity index (χ2n) is 5.74. The Balaban J connectivity index is 1.87. The van der Waals surface area contributed by atoms with Gasteiger partial charge in [-0.05, 0) is 30.5 Å². The molecule has 0 saturated carbocycles. The van der Waals surface area contributed by atoms with Crippen LogP contribution >= 0.6 is 0 Å². The Hall–Kier alpha value is -2.43. The number of amides is 1. The van der Waals surface area contributed by atoms with Crippen molar-refractivity contribution in [3.05, 3.63) is 54.1 Å². The second-order valence-corrected chi connectivity index (χ2v) is 5.74. The molecule has 114 valence electrons. The Kier molecular flexibility index (Phi) is 4.04. The maximum Gasteiger partial charge on any atom is 0.274 e. The van der Waals surface area contributed by atoms with E-state index in [1.807, 2.05) is 25.1 Å². The monoisotopic (exact) mass is 296 g/mol. The number of likely N-dealkylation sites (tertiary alicyclic amines) is 1. The molecule has 2 heterocycles. The number of rotatable bonds is 3. The van der Waals surface area contributed by atoms with Crippen LogP contribution in [0.25, 0.3) is 0 Å². The fourth-order valence-electron chi connectivity index (χ4n) is 2.92. The largest absolute Gasteiger partial charge is 0.378 e. The van der Waals surface area contributed by atoms with E-state index in [0.717, 1.165) is 25.1 Å². The van der Waals surface area contributed by atoms with Gasteiger partial charge >= 0.3 is 0 Å². The van der Waals surface area contributed by atoms with Gasteiger partial charge in [0.05, 0.1) is 12.2 Å². The molecule has 0 N–H and O–H groups in total. The van der Waals surface area contributed by atoms with E-state index in [1.54, 1.807) is 12.4 Å². The van der Waals surface area contributed by atoms with Crippen molar-refractivity contribution >= 4 is 11.6 Å². The van der Waals surface area contributed by atoms with Crippen molar-refractivity contribution in [2.24, 2.45) is 0 Å². The second kappa shape index (κ2) is 6.13. The van der Waals surface area contributed by atoms with Crippen LogP contribution in [0.5, 0.6) is 0 Å². The lowest BCUT2D eigenvalue weighted by atomic mass is 10.0. The zero-order valence-corrected chi connectivity index (χ0v) is 12.9. The van der Waals surface area contributed by atoms with Gasteiger partial charge in [0, 0.05) is 38.7 Å². The van der Waals surface area contributed by atoms with Gasteiger partial charge in [0.2, 0.25) is 0 Å². The molecule has 1 amide bonds. The van der Waals surface area contributed by atoms with Gasteiger partial charge in [-0.25, -0.2) is 4.98 Å². The van der Waals surface area contributed by atoms with Crippen LogP contribution in [0.2, 0.25) is 0 Å². The first-order valence-corrected chi connectivity index (χ1v) is 7.51. The summed E-state index contributed by atoms with van der Waals surface area (Å²) in [5.41, 5.74) is 2.75. The third kappa shape index (κ3) is 2.79. The molecule has 1 aromatic heterocycles. The predicted molar refractivity (Wildman–Crippen MR) is 85.8 cm³/mol. The van der Waals surface area contributed by atoms with Crippen molar-refractivity contribution in [1.29, 1.82) is 0 Å². The van der Waals surface area contributed by atoms with Gasteiger partial charge in [-0.3, -0.25) is 9.78 Å². The van der Waals surface area contributed by atoms with Crippen LogP contribution in [0, 0.1) is 0 Å². The van der Waals surface area contributed by atoms with Crippen LogP contribution in [0.4, 0.5) is 5.69 Å². The Bertz CT molecular complexity index is 657. The quantitative estimate of drug-likeness (QED) is 0.873. The lowest BCUT2D eigenvalue weighted by Gasteiger charge is -2.25. The summed E-state index contributed by atoms with van der Waals surface area (Å²) < 4.78 is 0. The fourth-order valence-corrected chi connectivity index (χ4v) is 2.92. The summed E-state index contributed by atoms with van der Waals surface area (Å²) in [7, 11) is 4.05. The third-order valence-electron chi connectivity index (χ3n) is 4.07. The molecule has 2 aromatic rings. The minimum absolute atomic E-state index is 0.0362. The van der Waals surface area contributed by atoms with Gasteiger partial charge in [-0.1, -0.05) is 12.1 Å². The van der Waals surface area contributed by atoms with E-state index in [2.05, 4.69) is 33.1 Å². The SMILES string of the molecule is CN(C)c1cccc(C2CCCN2C(=O)c2cnccn2)c1. The maximum atomic E-state index is 12.7. The molecule has 3 rings (SSSR count). The number of anilines is 1. The summed E-state index contributed by atoms with van der Waals surface area (Å²) >= 11 is 0. The number of aromatic nitrogens is 2. The predicted octanol–water partition coefficient (Wildman–Crippen LogP) is 2.52. The zero-order valence-electron chi connectivity index (χ0n) is 12.9. The van der Waals surface area contributed by atoms with E-state index in [9.17, 15) is 4.79 Å². The van der Waals surface area contributed by atoms with Crippen molar-refractivity contribution < 1.29 is 4.79 Å². The number of benzene rings is 1. The van der Waals surface area contributed by atoms with Crippen LogP contribution in [0.15, 0.2) is 42.9 Å². The zero-order chi connectivity index (χ0) is 15.5. The van der Waals surface area contributed by atoms with Gasteiger partial charge in [-0.15, -0.1) is 0 Å². The number of carbonyl (C=O) groups is 1. The van der Waals surface area contributed by atoms with Gasteiger partial charge in [0.15, 0.2) is 0 Å². The van der Waals surface area contributed by atoms with Gasteiger partial charge in [0.1, 0.15) is 5.69 Å². The van der Waals surface area contributed by atoms with Crippen molar-refractivity contribution in [3.63, 3.8) is 0 Å². The van der Waals surface area contributed by atoms with E-state index in [0.29, 0.717) is 5.69 Å². The Labute approximate surface area is 130 Å². The number of hydrogen-bond acceptors (Lipinski definition) is 4. The smallest absolute Gasteiger partial charge is 0.274 e. The Morgan fingerprint density at radius 2 is 2.18 bits per heavy atom. The molecule has 1 fully saturated rings. The molecule has 0 aliphatic carbocycles. The van der Waals surface area contributed by atoms with Crippen molar-refractivity contribution in [2.75, 3.05) is 25.5 Å². The summed E-state index contributed by atoms with van der Waals surface area (Å²) in [4.78, 5) is 24.8. The van der Waals surface area contributed by atoms with Crippen LogP contribution in [-0.2, 0) is 0 Å². The third-order valence-corrected chi connectivity index (χ3v) is 4.07. The molecular formula is C17H20N4O. The highest BCUT2D eigenvalue weighted by atomic mass is 16.2. The molecule has 1 saturated heterocycles. The summed E-state index contributed by atoms with van der Waals surface area (Å²) in [5, 5.41) is 0. The first-order valence-electron chi connectivity index (χ1n) is 7.51. The highest BCUT2D eigenvalue weighted by molar-refractivity contribution is 5.92. The summed E-state index contributed by atoms with van der Waals surface area (Å²) in [6.45, 7) is 0.770. The van der Waals surface area contributed by atoms with Crippen molar-refractivity contribution in [1.82, 2.24) is 14.9 Å². The molecule has 0 radical (unpaired) electrons. The molecule has 1 aliphatic rings. The summed E-state index contributed by atoms with van der Waals surface area (Å²) in [6, 6.07) is 8.50. The topological polar surface area (TPSA) is 49.3 Å². The average Bonchev–Trinajstić information content (AvgIpc) is 3.04. The summed E-state index contributed by atoms with van der Waals surface area (Å²) in [6.07, 6.45) is 6.68. The van der Waals surface area contributed by atoms with Crippen molar-refractivity contribution in [3.8, 4) is 0 Å². The lowest BCUT2D eigenvalue weighted by Crippen LogP contribution is -2.31. The maximum absolute atomic E-state index is 12.7. The molecular weight excluding hydrogens is 276 g/mol. The van der Waals surface area contributed by atoms with E-state index in [4.69, 9.17) is 0 Å². The highest BCUT2D eigenvalue weighted by Gasteiger charge is 2.31. The van der Waals surface area contributed by atoms with E-state index >= 15 is 0 Å². The highest BCUT2D eigenvalue weighted by Crippen LogP contribution is 2.34. The van der Waals surface area contributed by atoms with Gasteiger partial charge < -0.3 is 9.80 Å². The molecule has 1 aromatic carbocycles. The molecule has 0 bridgehead atoms. The number of nitrogens with zero attached hydrogens (tertiary/aromatic N) is 4. The standard InChI is InChI=1S/C17H20N4O/c1-20(2)14-6-3-5-13(11-14)16-7-4-10-21(16)17(22)15-12-18-8-9-19-15/h3,5-6,8-9,11-12,16H,4,7,10H2,1-2H3. The normalized spacial score (nSPS) is 17.5. The lowest BCUT2D eigenvalue weighted by molar-refractivity contribution is 0.0729. The van der Waals surface area contributed by atoms with Crippen LogP contribution in [0.1, 0.15) is 34.9 Å². The van der Waals surface area contributed by atoms with E-state index < -0.39 is 0 Å². The minimum atomic E-state index is -0.0362. The van der Waals surface area contributed by atoms with Crippen LogP contribution in [-0.4, -0.2) is 41.4 Å². The first kappa shape index (κ1) is 14.5. The first-order chi connectivity index (χ1) is 10.7. The molecule has 0 spiro atoms.